The molecule has 2 rings (SSSR count). The molecule has 1 aromatic rings. The van der Waals surface area contributed by atoms with Gasteiger partial charge in [-0.15, -0.1) is 0 Å². The SMILES string of the molecule is CCCCC(NCCC1CCN(C)CC1)c1ccccc1. The Morgan fingerprint density at radius 1 is 1.19 bits per heavy atom. The van der Waals surface area contributed by atoms with Crippen LogP contribution in [0.2, 0.25) is 0 Å². The van der Waals surface area contributed by atoms with Crippen LogP contribution in [-0.4, -0.2) is 31.6 Å². The Morgan fingerprint density at radius 2 is 1.90 bits per heavy atom. The van der Waals surface area contributed by atoms with E-state index in [1.807, 2.05) is 0 Å². The lowest BCUT2D eigenvalue weighted by atomic mass is 9.93. The molecule has 0 radical (unpaired) electrons. The van der Waals surface area contributed by atoms with Crippen LogP contribution in [-0.2, 0) is 0 Å². The Bertz CT molecular complexity index is 368. The topological polar surface area (TPSA) is 15.3 Å². The monoisotopic (exact) mass is 288 g/mol. The maximum absolute atomic E-state index is 3.82. The molecule has 0 spiro atoms. The van der Waals surface area contributed by atoms with Crippen LogP contribution in [0.25, 0.3) is 0 Å². The molecule has 1 aromatic carbocycles. The van der Waals surface area contributed by atoms with Gasteiger partial charge in [-0.2, -0.15) is 0 Å². The summed E-state index contributed by atoms with van der Waals surface area (Å²) in [5.74, 6) is 0.927. The first-order valence-electron chi connectivity index (χ1n) is 8.76. The highest BCUT2D eigenvalue weighted by molar-refractivity contribution is 5.18. The average Bonchev–Trinajstić information content (AvgIpc) is 2.53. The molecule has 0 aliphatic carbocycles. The van der Waals surface area contributed by atoms with Gasteiger partial charge in [0.2, 0.25) is 0 Å². The van der Waals surface area contributed by atoms with E-state index < -0.39 is 0 Å². The van der Waals surface area contributed by atoms with Crippen molar-refractivity contribution < 1.29 is 0 Å². The second-order valence-electron chi connectivity index (χ2n) is 6.59. The first kappa shape index (κ1) is 16.5. The molecule has 0 aromatic heterocycles. The molecule has 118 valence electrons. The zero-order valence-corrected chi connectivity index (χ0v) is 13.9. The van der Waals surface area contributed by atoms with Crippen LogP contribution in [0.4, 0.5) is 0 Å². The van der Waals surface area contributed by atoms with E-state index >= 15 is 0 Å². The number of unbranched alkanes of at least 4 members (excludes halogenated alkanes) is 1. The molecule has 1 atom stereocenters. The van der Waals surface area contributed by atoms with Crippen LogP contribution in [0, 0.1) is 5.92 Å². The minimum Gasteiger partial charge on any atom is -0.310 e. The van der Waals surface area contributed by atoms with E-state index in [-0.39, 0.29) is 0 Å². The normalized spacial score (nSPS) is 18.8. The lowest BCUT2D eigenvalue weighted by molar-refractivity contribution is 0.210. The summed E-state index contributed by atoms with van der Waals surface area (Å²) in [5, 5.41) is 3.82. The van der Waals surface area contributed by atoms with Crippen molar-refractivity contribution in [3.05, 3.63) is 35.9 Å². The summed E-state index contributed by atoms with van der Waals surface area (Å²) in [4.78, 5) is 2.46. The van der Waals surface area contributed by atoms with Crippen molar-refractivity contribution in [1.82, 2.24) is 10.2 Å². The van der Waals surface area contributed by atoms with Gasteiger partial charge in [0.15, 0.2) is 0 Å². The number of nitrogens with zero attached hydrogens (tertiary/aromatic N) is 1. The number of rotatable bonds is 8. The van der Waals surface area contributed by atoms with E-state index in [4.69, 9.17) is 0 Å². The zero-order valence-electron chi connectivity index (χ0n) is 13.9. The van der Waals surface area contributed by atoms with Crippen molar-refractivity contribution >= 4 is 0 Å². The fourth-order valence-corrected chi connectivity index (χ4v) is 3.29. The van der Waals surface area contributed by atoms with Gasteiger partial charge in [-0.1, -0.05) is 50.1 Å². The molecule has 0 saturated carbocycles. The van der Waals surface area contributed by atoms with Gasteiger partial charge in [-0.25, -0.2) is 0 Å². The van der Waals surface area contributed by atoms with E-state index in [1.165, 1.54) is 57.2 Å². The smallest absolute Gasteiger partial charge is 0.0320 e. The third kappa shape index (κ3) is 5.80. The predicted molar refractivity (Wildman–Crippen MR) is 91.5 cm³/mol. The standard InChI is InChI=1S/C19H32N2/c1-3-4-10-19(18-8-6-5-7-9-18)20-14-11-17-12-15-21(2)16-13-17/h5-9,17,19-20H,3-4,10-16H2,1-2H3. The van der Waals surface area contributed by atoms with Gasteiger partial charge in [0.25, 0.3) is 0 Å². The van der Waals surface area contributed by atoms with Crippen LogP contribution in [0.1, 0.15) is 57.1 Å². The van der Waals surface area contributed by atoms with Crippen molar-refractivity contribution in [2.24, 2.45) is 5.92 Å². The summed E-state index contributed by atoms with van der Waals surface area (Å²) in [7, 11) is 2.24. The van der Waals surface area contributed by atoms with Gasteiger partial charge in [0.05, 0.1) is 0 Å². The number of benzene rings is 1. The number of hydrogen-bond acceptors (Lipinski definition) is 2. The average molecular weight is 288 g/mol. The summed E-state index contributed by atoms with van der Waals surface area (Å²) >= 11 is 0. The van der Waals surface area contributed by atoms with Gasteiger partial charge in [0, 0.05) is 6.04 Å². The summed E-state index contributed by atoms with van der Waals surface area (Å²) < 4.78 is 0. The van der Waals surface area contributed by atoms with E-state index in [9.17, 15) is 0 Å². The van der Waals surface area contributed by atoms with Crippen LogP contribution in [0.15, 0.2) is 30.3 Å². The van der Waals surface area contributed by atoms with Gasteiger partial charge in [-0.05, 0) is 63.8 Å². The van der Waals surface area contributed by atoms with Crippen LogP contribution < -0.4 is 5.32 Å². The lowest BCUT2D eigenvalue weighted by Gasteiger charge is -2.29. The molecule has 1 saturated heterocycles. The van der Waals surface area contributed by atoms with E-state index in [1.54, 1.807) is 0 Å². The van der Waals surface area contributed by atoms with Crippen molar-refractivity contribution in [1.29, 1.82) is 0 Å². The second-order valence-corrected chi connectivity index (χ2v) is 6.59. The molecule has 2 nitrogen and oxygen atoms in total. The molecule has 2 heteroatoms. The largest absolute Gasteiger partial charge is 0.310 e. The molecule has 1 N–H and O–H groups in total. The van der Waals surface area contributed by atoms with E-state index in [2.05, 4.69) is 54.5 Å². The summed E-state index contributed by atoms with van der Waals surface area (Å²) in [5.41, 5.74) is 1.45. The summed E-state index contributed by atoms with van der Waals surface area (Å²) in [6.45, 7) is 6.00. The molecule has 0 bridgehead atoms. The summed E-state index contributed by atoms with van der Waals surface area (Å²) in [6.07, 6.45) is 7.93. The molecular weight excluding hydrogens is 256 g/mol. The first-order valence-corrected chi connectivity index (χ1v) is 8.76. The Labute approximate surface area is 130 Å². The van der Waals surface area contributed by atoms with Crippen molar-refractivity contribution in [2.45, 2.75) is 51.5 Å². The third-order valence-corrected chi connectivity index (χ3v) is 4.83. The second kappa shape index (κ2) is 9.22. The Balaban J connectivity index is 1.76. The summed E-state index contributed by atoms with van der Waals surface area (Å²) in [6, 6.07) is 11.5. The van der Waals surface area contributed by atoms with Gasteiger partial charge < -0.3 is 10.2 Å². The highest BCUT2D eigenvalue weighted by Crippen LogP contribution is 2.22. The molecular formula is C19H32N2. The number of piperidine rings is 1. The lowest BCUT2D eigenvalue weighted by Crippen LogP contribution is -2.32. The molecule has 0 amide bonds. The van der Waals surface area contributed by atoms with Gasteiger partial charge in [0.1, 0.15) is 0 Å². The van der Waals surface area contributed by atoms with Crippen LogP contribution >= 0.6 is 0 Å². The van der Waals surface area contributed by atoms with E-state index in [0.29, 0.717) is 6.04 Å². The highest BCUT2D eigenvalue weighted by Gasteiger charge is 2.17. The van der Waals surface area contributed by atoms with Crippen LogP contribution in [0.3, 0.4) is 0 Å². The maximum atomic E-state index is 3.82. The Hall–Kier alpha value is -0.860. The molecule has 1 fully saturated rings. The molecule has 1 unspecified atom stereocenters. The number of hydrogen-bond donors (Lipinski definition) is 1. The fraction of sp³-hybridized carbons (Fsp3) is 0.684. The van der Waals surface area contributed by atoms with Crippen LogP contribution in [0.5, 0.6) is 0 Å². The van der Waals surface area contributed by atoms with Gasteiger partial charge >= 0.3 is 0 Å². The van der Waals surface area contributed by atoms with Crippen molar-refractivity contribution in [2.75, 3.05) is 26.7 Å². The molecule has 1 aliphatic rings. The van der Waals surface area contributed by atoms with E-state index in [0.717, 1.165) is 12.5 Å². The predicted octanol–water partition coefficient (Wildman–Crippen LogP) is 4.24. The Morgan fingerprint density at radius 3 is 2.57 bits per heavy atom. The molecule has 1 aliphatic heterocycles. The maximum Gasteiger partial charge on any atom is 0.0320 e. The minimum absolute atomic E-state index is 0.539. The van der Waals surface area contributed by atoms with Crippen molar-refractivity contribution in [3.8, 4) is 0 Å². The Kier molecular flexibility index (Phi) is 7.25. The number of nitrogens with one attached hydrogen (secondary N) is 1. The first-order chi connectivity index (χ1) is 10.3. The number of likely N-dealkylation sites (tertiary alicyclic amines) is 1. The van der Waals surface area contributed by atoms with Gasteiger partial charge in [-0.3, -0.25) is 0 Å². The molecule has 1 heterocycles. The van der Waals surface area contributed by atoms with Crippen molar-refractivity contribution in [3.63, 3.8) is 0 Å². The molecule has 21 heavy (non-hydrogen) atoms. The fourth-order valence-electron chi connectivity index (χ4n) is 3.29. The quantitative estimate of drug-likeness (QED) is 0.769. The highest BCUT2D eigenvalue weighted by atomic mass is 15.1. The third-order valence-electron chi connectivity index (χ3n) is 4.83. The zero-order chi connectivity index (χ0) is 14.9. The minimum atomic E-state index is 0.539.